The third-order valence-electron chi connectivity index (χ3n) is 4.70. The third-order valence-corrected chi connectivity index (χ3v) is 4.70. The monoisotopic (exact) mass is 382 g/mol. The smallest absolute Gasteiger partial charge is 0.408 e. The Morgan fingerprint density at radius 3 is 2.36 bits per heavy atom. The van der Waals surface area contributed by atoms with Gasteiger partial charge in [0.25, 0.3) is 0 Å². The first-order chi connectivity index (χ1) is 13.6. The van der Waals surface area contributed by atoms with Crippen molar-refractivity contribution < 1.29 is 19.1 Å². The fraction of sp³-hybridized carbons (Fsp3) is 0.364. The molecular formula is C22H26N2O4. The standard InChI is InChI=1S/C22H26N2O4/c1-16(23-22(26)28-15-18-6-4-3-5-7-18)21(25)24(19-10-11-19)14-17-8-12-20(27-2)13-9-17/h3-9,12-13,16,19H,10-11,14-15H2,1-2H3,(H,23,26)/t16-/m0/s1. The molecule has 2 amide bonds. The summed E-state index contributed by atoms with van der Waals surface area (Å²) in [7, 11) is 1.62. The van der Waals surface area contributed by atoms with Crippen molar-refractivity contribution in [2.24, 2.45) is 0 Å². The van der Waals surface area contributed by atoms with E-state index >= 15 is 0 Å². The van der Waals surface area contributed by atoms with Crippen molar-refractivity contribution >= 4 is 12.0 Å². The third kappa shape index (κ3) is 5.49. The van der Waals surface area contributed by atoms with E-state index in [1.165, 1.54) is 0 Å². The number of methoxy groups -OCH3 is 1. The molecule has 0 radical (unpaired) electrons. The molecule has 2 aromatic rings. The Morgan fingerprint density at radius 1 is 1.07 bits per heavy atom. The van der Waals surface area contributed by atoms with E-state index in [0.717, 1.165) is 29.7 Å². The maximum atomic E-state index is 12.9. The van der Waals surface area contributed by atoms with Gasteiger partial charge >= 0.3 is 6.09 Å². The lowest BCUT2D eigenvalue weighted by Gasteiger charge is -2.26. The van der Waals surface area contributed by atoms with Crippen LogP contribution in [0.25, 0.3) is 0 Å². The van der Waals surface area contributed by atoms with E-state index in [1.54, 1.807) is 14.0 Å². The summed E-state index contributed by atoms with van der Waals surface area (Å²) in [5, 5.41) is 2.64. The van der Waals surface area contributed by atoms with E-state index in [2.05, 4.69) is 5.32 Å². The lowest BCUT2D eigenvalue weighted by Crippen LogP contribution is -2.47. The van der Waals surface area contributed by atoms with Crippen LogP contribution in [-0.2, 0) is 22.7 Å². The number of carbonyl (C=O) groups excluding carboxylic acids is 2. The van der Waals surface area contributed by atoms with Gasteiger partial charge in [-0.15, -0.1) is 0 Å². The molecule has 0 aromatic heterocycles. The number of rotatable bonds is 8. The van der Waals surface area contributed by atoms with Crippen molar-refractivity contribution in [1.82, 2.24) is 10.2 Å². The average molecular weight is 382 g/mol. The van der Waals surface area contributed by atoms with Crippen molar-refractivity contribution in [3.05, 3.63) is 65.7 Å². The highest BCUT2D eigenvalue weighted by molar-refractivity contribution is 5.85. The zero-order chi connectivity index (χ0) is 19.9. The van der Waals surface area contributed by atoms with Crippen LogP contribution in [0.1, 0.15) is 30.9 Å². The molecule has 1 aliphatic carbocycles. The number of nitrogens with zero attached hydrogens (tertiary/aromatic N) is 1. The molecule has 1 atom stereocenters. The zero-order valence-electron chi connectivity index (χ0n) is 16.3. The van der Waals surface area contributed by atoms with E-state index in [0.29, 0.717) is 6.54 Å². The summed E-state index contributed by atoms with van der Waals surface area (Å²) in [5.74, 6) is 0.680. The lowest BCUT2D eigenvalue weighted by atomic mass is 10.2. The number of ether oxygens (including phenoxy) is 2. The number of alkyl carbamates (subject to hydrolysis) is 1. The van der Waals surface area contributed by atoms with Crippen molar-refractivity contribution in [2.75, 3.05) is 7.11 Å². The van der Waals surface area contributed by atoms with Crippen molar-refractivity contribution in [3.63, 3.8) is 0 Å². The SMILES string of the molecule is COc1ccc(CN(C(=O)[C@H](C)NC(=O)OCc2ccccc2)C2CC2)cc1. The van der Waals surface area contributed by atoms with E-state index in [9.17, 15) is 9.59 Å². The Hall–Kier alpha value is -3.02. The Balaban J connectivity index is 1.54. The second-order valence-corrected chi connectivity index (χ2v) is 6.97. The van der Waals surface area contributed by atoms with Crippen LogP contribution in [0.3, 0.4) is 0 Å². The predicted molar refractivity (Wildman–Crippen MR) is 106 cm³/mol. The molecule has 1 fully saturated rings. The first-order valence-corrected chi connectivity index (χ1v) is 9.47. The van der Waals surface area contributed by atoms with Crippen LogP contribution in [0.5, 0.6) is 5.75 Å². The molecule has 0 unspecified atom stereocenters. The minimum Gasteiger partial charge on any atom is -0.497 e. The summed E-state index contributed by atoms with van der Waals surface area (Å²) < 4.78 is 10.4. The van der Waals surface area contributed by atoms with Gasteiger partial charge in [0, 0.05) is 12.6 Å². The first kappa shape index (κ1) is 19.7. The molecule has 1 saturated carbocycles. The second kappa shape index (κ2) is 9.26. The van der Waals surface area contributed by atoms with Crippen LogP contribution >= 0.6 is 0 Å². The Labute approximate surface area is 165 Å². The van der Waals surface area contributed by atoms with Crippen LogP contribution in [0.2, 0.25) is 0 Å². The first-order valence-electron chi connectivity index (χ1n) is 9.47. The van der Waals surface area contributed by atoms with Gasteiger partial charge in [0.05, 0.1) is 7.11 Å². The number of hydrogen-bond donors (Lipinski definition) is 1. The summed E-state index contributed by atoms with van der Waals surface area (Å²) in [5.41, 5.74) is 1.93. The Morgan fingerprint density at radius 2 is 1.75 bits per heavy atom. The maximum absolute atomic E-state index is 12.9. The molecule has 2 aromatic carbocycles. The number of amides is 2. The predicted octanol–water partition coefficient (Wildman–Crippen LogP) is 3.50. The molecule has 6 heteroatoms. The van der Waals surface area contributed by atoms with E-state index < -0.39 is 12.1 Å². The molecule has 1 N–H and O–H groups in total. The zero-order valence-corrected chi connectivity index (χ0v) is 16.3. The topological polar surface area (TPSA) is 67.9 Å². The fourth-order valence-corrected chi connectivity index (χ4v) is 2.95. The largest absolute Gasteiger partial charge is 0.497 e. The molecular weight excluding hydrogens is 356 g/mol. The lowest BCUT2D eigenvalue weighted by molar-refractivity contribution is -0.134. The van der Waals surface area contributed by atoms with Crippen LogP contribution in [0, 0.1) is 0 Å². The van der Waals surface area contributed by atoms with Crippen molar-refractivity contribution in [1.29, 1.82) is 0 Å². The molecule has 0 aliphatic heterocycles. The van der Waals surface area contributed by atoms with E-state index in [1.807, 2.05) is 59.5 Å². The van der Waals surface area contributed by atoms with E-state index in [4.69, 9.17) is 9.47 Å². The van der Waals surface area contributed by atoms with Crippen LogP contribution in [-0.4, -0.2) is 36.1 Å². The molecule has 148 valence electrons. The normalized spacial score (nSPS) is 14.1. The average Bonchev–Trinajstić information content (AvgIpc) is 3.56. The summed E-state index contributed by atoms with van der Waals surface area (Å²) in [6, 6.07) is 16.7. The van der Waals surface area contributed by atoms with Gasteiger partial charge in [0.2, 0.25) is 5.91 Å². The molecule has 0 saturated heterocycles. The molecule has 6 nitrogen and oxygen atoms in total. The Bertz CT molecular complexity index is 788. The molecule has 0 heterocycles. The quantitative estimate of drug-likeness (QED) is 0.759. The number of hydrogen-bond acceptors (Lipinski definition) is 4. The van der Waals surface area contributed by atoms with Crippen LogP contribution in [0.4, 0.5) is 4.79 Å². The van der Waals surface area contributed by atoms with Gasteiger partial charge in [-0.1, -0.05) is 42.5 Å². The molecule has 3 rings (SSSR count). The van der Waals surface area contributed by atoms with Crippen LogP contribution < -0.4 is 10.1 Å². The Kier molecular flexibility index (Phi) is 6.53. The second-order valence-electron chi connectivity index (χ2n) is 6.97. The number of carbonyl (C=O) groups is 2. The minimum absolute atomic E-state index is 0.102. The number of benzene rings is 2. The van der Waals surface area contributed by atoms with Gasteiger partial charge < -0.3 is 19.7 Å². The fourth-order valence-electron chi connectivity index (χ4n) is 2.95. The highest BCUT2D eigenvalue weighted by Gasteiger charge is 2.35. The molecule has 1 aliphatic rings. The minimum atomic E-state index is -0.651. The van der Waals surface area contributed by atoms with Gasteiger partial charge in [0.15, 0.2) is 0 Å². The van der Waals surface area contributed by atoms with Gasteiger partial charge in [-0.3, -0.25) is 4.79 Å². The van der Waals surface area contributed by atoms with Crippen molar-refractivity contribution in [2.45, 2.75) is 45.0 Å². The van der Waals surface area contributed by atoms with Gasteiger partial charge in [-0.05, 0) is 43.0 Å². The highest BCUT2D eigenvalue weighted by Crippen LogP contribution is 2.29. The summed E-state index contributed by atoms with van der Waals surface area (Å²) >= 11 is 0. The molecule has 0 bridgehead atoms. The number of nitrogens with one attached hydrogen (secondary N) is 1. The summed E-state index contributed by atoms with van der Waals surface area (Å²) in [6.07, 6.45) is 1.39. The van der Waals surface area contributed by atoms with Gasteiger partial charge in [-0.25, -0.2) is 4.79 Å². The summed E-state index contributed by atoms with van der Waals surface area (Å²) in [6.45, 7) is 2.37. The summed E-state index contributed by atoms with van der Waals surface area (Å²) in [4.78, 5) is 26.8. The van der Waals surface area contributed by atoms with E-state index in [-0.39, 0.29) is 18.6 Å². The maximum Gasteiger partial charge on any atom is 0.408 e. The highest BCUT2D eigenvalue weighted by atomic mass is 16.5. The van der Waals surface area contributed by atoms with Gasteiger partial charge in [-0.2, -0.15) is 0 Å². The van der Waals surface area contributed by atoms with Crippen molar-refractivity contribution in [3.8, 4) is 5.75 Å². The van der Waals surface area contributed by atoms with Crippen LogP contribution in [0.15, 0.2) is 54.6 Å². The molecule has 0 spiro atoms. The molecule has 28 heavy (non-hydrogen) atoms. The van der Waals surface area contributed by atoms with Gasteiger partial charge in [0.1, 0.15) is 18.4 Å².